The van der Waals surface area contributed by atoms with Crippen molar-refractivity contribution in [2.75, 3.05) is 26.5 Å². The van der Waals surface area contributed by atoms with Crippen LogP contribution in [-0.2, 0) is 28.7 Å². The second-order valence-corrected chi connectivity index (χ2v) is 11.9. The molecule has 3 aromatic carbocycles. The molecule has 0 radical (unpaired) electrons. The summed E-state index contributed by atoms with van der Waals surface area (Å²) in [6.45, 7) is 1.55. The van der Waals surface area contributed by atoms with Gasteiger partial charge >= 0.3 is 0 Å². The van der Waals surface area contributed by atoms with E-state index in [1.165, 1.54) is 6.07 Å². The molecule has 1 aliphatic rings. The summed E-state index contributed by atoms with van der Waals surface area (Å²) in [7, 11) is 1.43. The number of aromatic nitrogens is 2. The first-order valence-electron chi connectivity index (χ1n) is 14.5. The van der Waals surface area contributed by atoms with Crippen LogP contribution in [0.25, 0.3) is 5.57 Å². The van der Waals surface area contributed by atoms with Crippen LogP contribution in [0.3, 0.4) is 0 Å². The number of ether oxygens (including phenoxy) is 3. The maximum absolute atomic E-state index is 14.0. The van der Waals surface area contributed by atoms with Gasteiger partial charge in [-0.2, -0.15) is 0 Å². The fraction of sp³-hybridized carbons (Fsp3) is 0.257. The van der Waals surface area contributed by atoms with Crippen molar-refractivity contribution in [2.45, 2.75) is 37.3 Å². The van der Waals surface area contributed by atoms with Gasteiger partial charge in [-0.15, -0.1) is 0 Å². The lowest BCUT2D eigenvalue weighted by Crippen LogP contribution is -2.20. The molecule has 0 saturated heterocycles. The standard InChI is InChI=1S/C35H35F2N3O4S/c1-42-32-16-15-26(20-33(32)43-2)22-40-18-9-14-28(23-40)29-21-30(34(36)37)39-35(38-29)45(41)19-17-31(27-12-7-4-8-13-27)44-24-25-10-5-3-6-11-25/h3-16,20-21,23,31,34H,17-19,22,24H2,1-2H3. The van der Waals surface area contributed by atoms with Gasteiger partial charge in [0.15, 0.2) is 11.5 Å². The monoisotopic (exact) mass is 631 g/mol. The summed E-state index contributed by atoms with van der Waals surface area (Å²) in [6.07, 6.45) is 2.84. The van der Waals surface area contributed by atoms with Gasteiger partial charge in [0, 0.05) is 30.6 Å². The first-order valence-corrected chi connectivity index (χ1v) is 15.8. The SMILES string of the molecule is COc1ccc(CN2C=C(c3cc(C(F)F)nc(S(=O)CCC(OCc4ccccc4)c4ccccc4)n3)C=CC2)cc1OC. The Kier molecular flexibility index (Phi) is 11.1. The first-order chi connectivity index (χ1) is 21.9. The number of allylic oxidation sites excluding steroid dienone is 2. The van der Waals surface area contributed by atoms with Crippen molar-refractivity contribution in [2.24, 2.45) is 0 Å². The van der Waals surface area contributed by atoms with E-state index in [0.29, 0.717) is 43.2 Å². The third-order valence-corrected chi connectivity index (χ3v) is 8.47. The molecule has 0 spiro atoms. The highest BCUT2D eigenvalue weighted by molar-refractivity contribution is 7.84. The van der Waals surface area contributed by atoms with Crippen molar-refractivity contribution in [1.29, 1.82) is 0 Å². The molecule has 0 amide bonds. The Morgan fingerprint density at radius 2 is 1.62 bits per heavy atom. The number of nitrogens with zero attached hydrogens (tertiary/aromatic N) is 3. The second-order valence-electron chi connectivity index (χ2n) is 10.4. The molecular weight excluding hydrogens is 596 g/mol. The van der Waals surface area contributed by atoms with E-state index in [1.54, 1.807) is 14.2 Å². The topological polar surface area (TPSA) is 73.8 Å². The number of methoxy groups -OCH3 is 2. The second kappa shape index (κ2) is 15.5. The Morgan fingerprint density at radius 1 is 0.889 bits per heavy atom. The number of hydrogen-bond acceptors (Lipinski definition) is 7. The van der Waals surface area contributed by atoms with Crippen LogP contribution in [0.2, 0.25) is 0 Å². The van der Waals surface area contributed by atoms with E-state index >= 15 is 0 Å². The van der Waals surface area contributed by atoms with E-state index in [1.807, 2.05) is 102 Å². The van der Waals surface area contributed by atoms with E-state index in [0.717, 1.165) is 16.7 Å². The summed E-state index contributed by atoms with van der Waals surface area (Å²) < 4.78 is 58.4. The number of benzene rings is 3. The third-order valence-electron chi connectivity index (χ3n) is 7.27. The van der Waals surface area contributed by atoms with Crippen molar-refractivity contribution < 1.29 is 27.2 Å². The number of rotatable bonds is 14. The van der Waals surface area contributed by atoms with Gasteiger partial charge in [0.05, 0.1) is 43.4 Å². The molecule has 2 unspecified atom stereocenters. The van der Waals surface area contributed by atoms with Gasteiger partial charge in [-0.1, -0.05) is 78.9 Å². The van der Waals surface area contributed by atoms with Gasteiger partial charge in [-0.25, -0.2) is 18.7 Å². The number of halogens is 2. The van der Waals surface area contributed by atoms with E-state index < -0.39 is 22.9 Å². The average molecular weight is 632 g/mol. The lowest BCUT2D eigenvalue weighted by atomic mass is 10.1. The summed E-state index contributed by atoms with van der Waals surface area (Å²) in [5.41, 5.74) is 3.40. The van der Waals surface area contributed by atoms with Crippen molar-refractivity contribution >= 4 is 16.4 Å². The van der Waals surface area contributed by atoms with Gasteiger partial charge in [0.2, 0.25) is 5.16 Å². The van der Waals surface area contributed by atoms with Gasteiger partial charge in [0.1, 0.15) is 5.69 Å². The molecule has 2 atom stereocenters. The highest BCUT2D eigenvalue weighted by Crippen LogP contribution is 2.30. The molecule has 234 valence electrons. The fourth-order valence-corrected chi connectivity index (χ4v) is 6.00. The Morgan fingerprint density at radius 3 is 2.33 bits per heavy atom. The summed E-state index contributed by atoms with van der Waals surface area (Å²) >= 11 is 0. The van der Waals surface area contributed by atoms with Crippen LogP contribution in [0, 0.1) is 0 Å². The molecule has 2 heterocycles. The van der Waals surface area contributed by atoms with Crippen molar-refractivity contribution in [3.8, 4) is 11.5 Å². The van der Waals surface area contributed by atoms with Crippen LogP contribution in [0.4, 0.5) is 8.78 Å². The zero-order valence-electron chi connectivity index (χ0n) is 25.1. The third kappa shape index (κ3) is 8.61. The Bertz CT molecular complexity index is 1650. The minimum Gasteiger partial charge on any atom is -0.493 e. The Labute approximate surface area is 264 Å². The highest BCUT2D eigenvalue weighted by atomic mass is 32.2. The van der Waals surface area contributed by atoms with Crippen LogP contribution in [0.1, 0.15) is 47.0 Å². The molecule has 0 fully saturated rings. The normalized spacial score (nSPS) is 14.2. The Hall–Kier alpha value is -4.41. The molecule has 0 aliphatic carbocycles. The molecule has 0 bridgehead atoms. The van der Waals surface area contributed by atoms with Gasteiger partial charge in [-0.05, 0) is 41.3 Å². The van der Waals surface area contributed by atoms with Crippen LogP contribution >= 0.6 is 0 Å². The lowest BCUT2D eigenvalue weighted by Gasteiger charge is -2.24. The molecule has 0 saturated carbocycles. The maximum Gasteiger partial charge on any atom is 0.280 e. The van der Waals surface area contributed by atoms with Crippen molar-refractivity contribution in [3.63, 3.8) is 0 Å². The van der Waals surface area contributed by atoms with E-state index in [2.05, 4.69) is 9.97 Å². The Balaban J connectivity index is 1.33. The predicted octanol–water partition coefficient (Wildman–Crippen LogP) is 7.30. The zero-order chi connectivity index (χ0) is 31.6. The van der Waals surface area contributed by atoms with Gasteiger partial charge < -0.3 is 19.1 Å². The van der Waals surface area contributed by atoms with E-state index in [4.69, 9.17) is 14.2 Å². The summed E-state index contributed by atoms with van der Waals surface area (Å²) in [4.78, 5) is 10.5. The quantitative estimate of drug-likeness (QED) is 0.135. The van der Waals surface area contributed by atoms with Crippen LogP contribution in [-0.4, -0.2) is 45.6 Å². The minimum absolute atomic E-state index is 0.121. The molecular formula is C35H35F2N3O4S. The maximum atomic E-state index is 14.0. The van der Waals surface area contributed by atoms with Crippen molar-refractivity contribution in [1.82, 2.24) is 14.9 Å². The summed E-state index contributed by atoms with van der Waals surface area (Å²) in [5, 5.41) is -0.121. The number of hydrogen-bond donors (Lipinski definition) is 0. The minimum atomic E-state index is -2.84. The summed E-state index contributed by atoms with van der Waals surface area (Å²) in [6, 6.07) is 26.4. The van der Waals surface area contributed by atoms with Crippen molar-refractivity contribution in [3.05, 3.63) is 131 Å². The van der Waals surface area contributed by atoms with Gasteiger partial charge in [0.25, 0.3) is 6.43 Å². The average Bonchev–Trinajstić information content (AvgIpc) is 3.08. The van der Waals surface area contributed by atoms with E-state index in [9.17, 15) is 13.0 Å². The predicted molar refractivity (Wildman–Crippen MR) is 170 cm³/mol. The molecule has 0 N–H and O–H groups in total. The largest absolute Gasteiger partial charge is 0.493 e. The zero-order valence-corrected chi connectivity index (χ0v) is 26.0. The van der Waals surface area contributed by atoms with Crippen LogP contribution < -0.4 is 9.47 Å². The molecule has 7 nitrogen and oxygen atoms in total. The summed E-state index contributed by atoms with van der Waals surface area (Å²) in [5.74, 6) is 1.40. The number of alkyl halides is 2. The smallest absolute Gasteiger partial charge is 0.280 e. The van der Waals surface area contributed by atoms with E-state index in [-0.39, 0.29) is 22.7 Å². The van der Waals surface area contributed by atoms with Gasteiger partial charge in [-0.3, -0.25) is 4.21 Å². The first kappa shape index (κ1) is 32.0. The molecule has 10 heteroatoms. The lowest BCUT2D eigenvalue weighted by molar-refractivity contribution is 0.0378. The van der Waals surface area contributed by atoms with Crippen LogP contribution in [0.5, 0.6) is 11.5 Å². The fourth-order valence-electron chi connectivity index (χ4n) is 4.98. The van der Waals surface area contributed by atoms with Crippen LogP contribution in [0.15, 0.2) is 108 Å². The molecule has 5 rings (SSSR count). The highest BCUT2D eigenvalue weighted by Gasteiger charge is 2.21. The molecule has 45 heavy (non-hydrogen) atoms. The molecule has 4 aromatic rings. The molecule has 1 aliphatic heterocycles. The molecule has 1 aromatic heterocycles.